The third kappa shape index (κ3) is 4.72. The van der Waals surface area contributed by atoms with Gasteiger partial charge in [-0.25, -0.2) is 4.98 Å². The number of nitrogens with two attached hydrogens (primary N) is 1. The van der Waals surface area contributed by atoms with E-state index in [4.69, 9.17) is 5.73 Å². The number of rotatable bonds is 5. The van der Waals surface area contributed by atoms with E-state index < -0.39 is 5.91 Å². The van der Waals surface area contributed by atoms with Crippen LogP contribution < -0.4 is 11.1 Å². The lowest BCUT2D eigenvalue weighted by molar-refractivity contribution is 0.0664. The Morgan fingerprint density at radius 1 is 0.951 bits per heavy atom. The molecule has 0 spiro atoms. The van der Waals surface area contributed by atoms with Gasteiger partial charge in [0, 0.05) is 73.2 Å². The van der Waals surface area contributed by atoms with E-state index in [1.165, 1.54) is 0 Å². The van der Waals surface area contributed by atoms with Gasteiger partial charge in [-0.05, 0) is 61.0 Å². The summed E-state index contributed by atoms with van der Waals surface area (Å²) in [6.45, 7) is 5.04. The highest BCUT2D eigenvalue weighted by molar-refractivity contribution is 6.20. The average Bonchev–Trinajstić information content (AvgIpc) is 3.56. The monoisotopic (exact) mass is 549 g/mol. The number of likely N-dealkylation sites (N-methyl/N-ethyl adjacent to an activating group) is 1. The summed E-state index contributed by atoms with van der Waals surface area (Å²) in [7, 11) is 3.82. The number of H-pyrrole nitrogens is 1. The van der Waals surface area contributed by atoms with Gasteiger partial charge in [0.25, 0.3) is 17.7 Å². The Morgan fingerprint density at radius 2 is 1.73 bits per heavy atom. The summed E-state index contributed by atoms with van der Waals surface area (Å²) in [6, 6.07) is 14.9. The molecule has 3 aromatic carbocycles. The Kier molecular flexibility index (Phi) is 6.55. The van der Waals surface area contributed by atoms with Crippen LogP contribution in [0.2, 0.25) is 0 Å². The Balaban J connectivity index is 1.44. The minimum atomic E-state index is -0.547. The smallest absolute Gasteiger partial charge is 0.291 e. The van der Waals surface area contributed by atoms with Gasteiger partial charge in [0.2, 0.25) is 0 Å². The molecule has 0 aliphatic carbocycles. The Labute approximate surface area is 236 Å². The third-order valence-corrected chi connectivity index (χ3v) is 7.87. The van der Waals surface area contributed by atoms with Crippen molar-refractivity contribution in [3.8, 4) is 11.1 Å². The number of nitrogens with one attached hydrogen (secondary N) is 2. The lowest BCUT2D eigenvalue weighted by Crippen LogP contribution is -2.47. The fraction of sp³-hybridized carbons (Fsp3) is 0.226. The minimum absolute atomic E-state index is 0.0130. The number of carbonyl (C=O) groups is 3. The summed E-state index contributed by atoms with van der Waals surface area (Å²) < 4.78 is 1.66. The lowest BCUT2D eigenvalue weighted by atomic mass is 9.93. The largest absolute Gasteiger partial charge is 0.366 e. The number of nitrogens with zero attached hydrogens (tertiary/aromatic N) is 4. The molecule has 3 amide bonds. The number of aromatic nitrogens is 3. The minimum Gasteiger partial charge on any atom is -0.366 e. The van der Waals surface area contributed by atoms with Gasteiger partial charge in [-0.2, -0.15) is 0 Å². The number of carbonyl (C=O) groups excluding carboxylic acids is 3. The first-order valence-corrected chi connectivity index (χ1v) is 13.5. The number of benzene rings is 3. The number of amides is 3. The highest BCUT2D eigenvalue weighted by Crippen LogP contribution is 2.39. The topological polar surface area (TPSA) is 129 Å². The van der Waals surface area contributed by atoms with Crippen molar-refractivity contribution in [1.82, 2.24) is 24.3 Å². The second-order valence-electron chi connectivity index (χ2n) is 10.6. The van der Waals surface area contributed by atoms with Crippen molar-refractivity contribution in [3.05, 3.63) is 83.4 Å². The maximum Gasteiger partial charge on any atom is 0.291 e. The highest BCUT2D eigenvalue weighted by atomic mass is 16.2. The summed E-state index contributed by atoms with van der Waals surface area (Å²) in [5.41, 5.74) is 11.4. The summed E-state index contributed by atoms with van der Waals surface area (Å²) in [5.74, 6) is -0.569. The number of fused-ring (bicyclic) bond motifs is 3. The molecule has 1 saturated heterocycles. The molecule has 41 heavy (non-hydrogen) atoms. The second-order valence-corrected chi connectivity index (χ2v) is 10.6. The van der Waals surface area contributed by atoms with Crippen LogP contribution in [0.15, 0.2) is 60.9 Å². The van der Waals surface area contributed by atoms with Crippen molar-refractivity contribution in [3.63, 3.8) is 0 Å². The van der Waals surface area contributed by atoms with Gasteiger partial charge < -0.3 is 30.4 Å². The van der Waals surface area contributed by atoms with E-state index in [9.17, 15) is 14.4 Å². The number of anilines is 1. The molecular weight excluding hydrogens is 518 g/mol. The van der Waals surface area contributed by atoms with Gasteiger partial charge in [-0.3, -0.25) is 14.4 Å². The molecule has 1 aliphatic rings. The molecule has 5 aromatic rings. The summed E-state index contributed by atoms with van der Waals surface area (Å²) in [6.07, 6.45) is 3.29. The van der Waals surface area contributed by atoms with E-state index in [1.54, 1.807) is 30.1 Å². The predicted molar refractivity (Wildman–Crippen MR) is 159 cm³/mol. The Bertz CT molecular complexity index is 1840. The number of piperazine rings is 1. The van der Waals surface area contributed by atoms with Crippen molar-refractivity contribution in [2.75, 3.05) is 38.5 Å². The normalized spacial score (nSPS) is 14.1. The SMILES string of the molecule is Cc1ccc(NC(=O)c2nccn2C)cc1-c1ccc(C(N)=O)c2[nH]c3cc(C(=O)N4CCN(C)CC4)ccc3c12. The summed E-state index contributed by atoms with van der Waals surface area (Å²) in [4.78, 5) is 50.1. The first-order chi connectivity index (χ1) is 19.7. The van der Waals surface area contributed by atoms with Crippen LogP contribution in [-0.2, 0) is 7.05 Å². The van der Waals surface area contributed by atoms with Gasteiger partial charge in [-0.1, -0.05) is 18.2 Å². The Hall–Kier alpha value is -4.96. The standard InChI is InChI=1S/C31H31N7O3/c1-18-4-6-20(34-30(40)29-33-10-11-37(29)3)17-24(18)21-8-9-23(28(32)39)27-26(21)22-7-5-19(16-25(22)35-27)31(41)38-14-12-36(2)13-15-38/h4-11,16-17,35H,12-15H2,1-3H3,(H2,32,39)(H,34,40). The number of hydrogen-bond donors (Lipinski definition) is 3. The molecule has 2 aromatic heterocycles. The van der Waals surface area contributed by atoms with E-state index in [0.29, 0.717) is 41.2 Å². The average molecular weight is 550 g/mol. The van der Waals surface area contributed by atoms with Gasteiger partial charge in [0.05, 0.1) is 11.1 Å². The lowest BCUT2D eigenvalue weighted by Gasteiger charge is -2.32. The molecule has 10 nitrogen and oxygen atoms in total. The molecule has 10 heteroatoms. The third-order valence-electron chi connectivity index (χ3n) is 7.87. The van der Waals surface area contributed by atoms with Crippen LogP contribution in [0.4, 0.5) is 5.69 Å². The number of imidazole rings is 1. The van der Waals surface area contributed by atoms with Crippen molar-refractivity contribution in [2.24, 2.45) is 12.8 Å². The number of aryl methyl sites for hydroxylation is 2. The van der Waals surface area contributed by atoms with Crippen LogP contribution in [0.5, 0.6) is 0 Å². The summed E-state index contributed by atoms with van der Waals surface area (Å²) >= 11 is 0. The molecular formula is C31H31N7O3. The van der Waals surface area contributed by atoms with E-state index in [1.807, 2.05) is 54.3 Å². The van der Waals surface area contributed by atoms with Crippen LogP contribution in [0, 0.1) is 6.92 Å². The molecule has 0 radical (unpaired) electrons. The Morgan fingerprint density at radius 3 is 2.44 bits per heavy atom. The first kappa shape index (κ1) is 26.3. The molecule has 3 heterocycles. The van der Waals surface area contributed by atoms with Crippen LogP contribution in [-0.4, -0.2) is 75.3 Å². The number of aromatic amines is 1. The van der Waals surface area contributed by atoms with Crippen molar-refractivity contribution >= 4 is 45.2 Å². The van der Waals surface area contributed by atoms with Crippen LogP contribution in [0.3, 0.4) is 0 Å². The van der Waals surface area contributed by atoms with E-state index >= 15 is 0 Å². The zero-order chi connectivity index (χ0) is 28.8. The molecule has 208 valence electrons. The number of hydrogen-bond acceptors (Lipinski definition) is 5. The second kappa shape index (κ2) is 10.2. The van der Waals surface area contributed by atoms with Crippen molar-refractivity contribution in [2.45, 2.75) is 6.92 Å². The van der Waals surface area contributed by atoms with Crippen LogP contribution >= 0.6 is 0 Å². The van der Waals surface area contributed by atoms with Gasteiger partial charge in [-0.15, -0.1) is 0 Å². The molecule has 0 unspecified atom stereocenters. The predicted octanol–water partition coefficient (Wildman–Crippen LogP) is 3.77. The quantitative estimate of drug-likeness (QED) is 0.307. The van der Waals surface area contributed by atoms with Gasteiger partial charge in [0.15, 0.2) is 5.82 Å². The highest BCUT2D eigenvalue weighted by Gasteiger charge is 2.23. The maximum absolute atomic E-state index is 13.3. The van der Waals surface area contributed by atoms with E-state index in [0.717, 1.165) is 46.1 Å². The van der Waals surface area contributed by atoms with Crippen molar-refractivity contribution in [1.29, 1.82) is 0 Å². The van der Waals surface area contributed by atoms with E-state index in [-0.39, 0.29) is 11.8 Å². The molecule has 0 bridgehead atoms. The summed E-state index contributed by atoms with van der Waals surface area (Å²) in [5, 5.41) is 4.63. The fourth-order valence-corrected chi connectivity index (χ4v) is 5.53. The molecule has 6 rings (SSSR count). The van der Waals surface area contributed by atoms with Gasteiger partial charge >= 0.3 is 0 Å². The molecule has 0 saturated carbocycles. The fourth-order valence-electron chi connectivity index (χ4n) is 5.53. The first-order valence-electron chi connectivity index (χ1n) is 13.5. The molecule has 4 N–H and O–H groups in total. The van der Waals surface area contributed by atoms with E-state index in [2.05, 4.69) is 27.2 Å². The molecule has 1 fully saturated rings. The van der Waals surface area contributed by atoms with Gasteiger partial charge in [0.1, 0.15) is 0 Å². The van der Waals surface area contributed by atoms with Crippen LogP contribution in [0.25, 0.3) is 32.9 Å². The molecule has 1 aliphatic heterocycles. The van der Waals surface area contributed by atoms with Crippen molar-refractivity contribution < 1.29 is 14.4 Å². The maximum atomic E-state index is 13.3. The number of primary amides is 1. The van der Waals surface area contributed by atoms with Crippen LogP contribution in [0.1, 0.15) is 36.9 Å². The zero-order valence-electron chi connectivity index (χ0n) is 23.2. The molecule has 0 atom stereocenters. The zero-order valence-corrected chi connectivity index (χ0v) is 23.2.